The summed E-state index contributed by atoms with van der Waals surface area (Å²) in [4.78, 5) is 3.84. The second-order valence-corrected chi connectivity index (χ2v) is 3.92. The third-order valence-electron chi connectivity index (χ3n) is 1.99. The first-order chi connectivity index (χ1) is 8.58. The van der Waals surface area contributed by atoms with Crippen molar-refractivity contribution in [3.05, 3.63) is 34.5 Å². The van der Waals surface area contributed by atoms with Crippen molar-refractivity contribution in [2.24, 2.45) is 0 Å². The predicted molar refractivity (Wildman–Crippen MR) is 66.1 cm³/mol. The Balaban J connectivity index is 2.33. The van der Waals surface area contributed by atoms with Crippen LogP contribution in [-0.2, 0) is 0 Å². The van der Waals surface area contributed by atoms with Crippen LogP contribution < -0.4 is 10.1 Å². The van der Waals surface area contributed by atoms with E-state index in [9.17, 15) is 4.39 Å². The minimum atomic E-state index is -0.457. The lowest BCUT2D eigenvalue weighted by molar-refractivity contribution is 0.411. The van der Waals surface area contributed by atoms with Crippen molar-refractivity contribution < 1.29 is 9.13 Å². The molecule has 1 aromatic carbocycles. The van der Waals surface area contributed by atoms with Gasteiger partial charge in [0.15, 0.2) is 11.0 Å². The zero-order chi connectivity index (χ0) is 13.1. The lowest BCUT2D eigenvalue weighted by Gasteiger charge is -2.08. The van der Waals surface area contributed by atoms with Crippen molar-refractivity contribution in [1.82, 2.24) is 15.2 Å². The number of anilines is 2. The molecule has 0 aliphatic heterocycles. The van der Waals surface area contributed by atoms with E-state index >= 15 is 0 Å². The number of benzene rings is 1. The van der Waals surface area contributed by atoms with Crippen LogP contribution in [0.15, 0.2) is 18.2 Å². The van der Waals surface area contributed by atoms with Crippen LogP contribution in [-0.4, -0.2) is 22.3 Å². The summed E-state index contributed by atoms with van der Waals surface area (Å²) in [6.07, 6.45) is 0. The average Bonchev–Trinajstić information content (AvgIpc) is 2.33. The van der Waals surface area contributed by atoms with Gasteiger partial charge in [-0.05, 0) is 17.7 Å². The maximum atomic E-state index is 13.3. The van der Waals surface area contributed by atoms with Gasteiger partial charge in [0.2, 0.25) is 5.28 Å². The van der Waals surface area contributed by atoms with Gasteiger partial charge in [-0.15, -0.1) is 10.2 Å². The van der Waals surface area contributed by atoms with Crippen LogP contribution in [0.5, 0.6) is 5.75 Å². The van der Waals surface area contributed by atoms with Gasteiger partial charge < -0.3 is 10.1 Å². The van der Waals surface area contributed by atoms with Gasteiger partial charge in [0.1, 0.15) is 11.6 Å². The van der Waals surface area contributed by atoms with Crippen LogP contribution in [0.2, 0.25) is 10.4 Å². The van der Waals surface area contributed by atoms with E-state index in [4.69, 9.17) is 27.9 Å². The molecule has 0 saturated heterocycles. The largest absolute Gasteiger partial charge is 0.497 e. The number of hydrogen-bond acceptors (Lipinski definition) is 5. The minimum Gasteiger partial charge on any atom is -0.497 e. The van der Waals surface area contributed by atoms with Crippen LogP contribution in [0.3, 0.4) is 0 Å². The van der Waals surface area contributed by atoms with Gasteiger partial charge in [-0.3, -0.25) is 0 Å². The molecule has 1 N–H and O–H groups in total. The molecule has 5 nitrogen and oxygen atoms in total. The fraction of sp³-hybridized carbons (Fsp3) is 0.100. The molecule has 0 amide bonds. The van der Waals surface area contributed by atoms with Gasteiger partial charge in [0, 0.05) is 17.8 Å². The van der Waals surface area contributed by atoms with E-state index in [0.29, 0.717) is 11.4 Å². The molecule has 1 aromatic heterocycles. The molecule has 1 heterocycles. The number of aromatic nitrogens is 3. The van der Waals surface area contributed by atoms with E-state index in [2.05, 4.69) is 20.5 Å². The molecular weight excluding hydrogens is 282 g/mol. The lowest BCUT2D eigenvalue weighted by Crippen LogP contribution is -1.99. The Morgan fingerprint density at radius 3 is 2.72 bits per heavy atom. The number of ether oxygens (including phenoxy) is 1. The molecule has 0 fully saturated rings. The SMILES string of the molecule is COc1cc(F)cc(Nc2nc(Cl)nnc2Cl)c1. The molecule has 0 radical (unpaired) electrons. The van der Waals surface area contributed by atoms with Crippen molar-refractivity contribution in [3.63, 3.8) is 0 Å². The quantitative estimate of drug-likeness (QED) is 0.941. The van der Waals surface area contributed by atoms with E-state index in [1.54, 1.807) is 6.07 Å². The van der Waals surface area contributed by atoms with Crippen LogP contribution in [0, 0.1) is 5.82 Å². The van der Waals surface area contributed by atoms with E-state index in [1.165, 1.54) is 19.2 Å². The van der Waals surface area contributed by atoms with Gasteiger partial charge in [-0.2, -0.15) is 4.98 Å². The normalized spacial score (nSPS) is 10.2. The number of halogens is 3. The highest BCUT2D eigenvalue weighted by atomic mass is 35.5. The monoisotopic (exact) mass is 288 g/mol. The predicted octanol–water partition coefficient (Wildman–Crippen LogP) is 3.07. The molecule has 8 heteroatoms. The molecule has 94 valence electrons. The van der Waals surface area contributed by atoms with Crippen molar-refractivity contribution in [3.8, 4) is 5.75 Å². The van der Waals surface area contributed by atoms with Gasteiger partial charge in [0.05, 0.1) is 7.11 Å². The summed E-state index contributed by atoms with van der Waals surface area (Å²) in [6, 6.07) is 4.09. The highest BCUT2D eigenvalue weighted by Gasteiger charge is 2.08. The van der Waals surface area contributed by atoms with Crippen molar-refractivity contribution in [2.75, 3.05) is 12.4 Å². The zero-order valence-corrected chi connectivity index (χ0v) is 10.6. The minimum absolute atomic E-state index is 0.0302. The molecule has 0 spiro atoms. The van der Waals surface area contributed by atoms with Crippen LogP contribution in [0.25, 0.3) is 0 Å². The second kappa shape index (κ2) is 5.32. The van der Waals surface area contributed by atoms with E-state index < -0.39 is 5.82 Å². The molecule has 0 saturated carbocycles. The van der Waals surface area contributed by atoms with E-state index in [1.807, 2.05) is 0 Å². The number of hydrogen-bond donors (Lipinski definition) is 1. The third-order valence-corrected chi connectivity index (χ3v) is 2.40. The molecule has 0 unspecified atom stereocenters. The summed E-state index contributed by atoms with van der Waals surface area (Å²) in [5.41, 5.74) is 0.408. The van der Waals surface area contributed by atoms with Crippen LogP contribution >= 0.6 is 23.2 Å². The average molecular weight is 289 g/mol. The van der Waals surface area contributed by atoms with E-state index in [0.717, 1.165) is 0 Å². The topological polar surface area (TPSA) is 59.9 Å². The number of methoxy groups -OCH3 is 1. The smallest absolute Gasteiger partial charge is 0.245 e. The zero-order valence-electron chi connectivity index (χ0n) is 9.12. The highest BCUT2D eigenvalue weighted by Crippen LogP contribution is 2.25. The van der Waals surface area contributed by atoms with Crippen molar-refractivity contribution in [2.45, 2.75) is 0 Å². The van der Waals surface area contributed by atoms with Gasteiger partial charge in [0.25, 0.3) is 0 Å². The summed E-state index contributed by atoms with van der Waals surface area (Å²) < 4.78 is 18.2. The summed E-state index contributed by atoms with van der Waals surface area (Å²) in [6.45, 7) is 0. The maximum Gasteiger partial charge on any atom is 0.245 e. The van der Waals surface area contributed by atoms with Gasteiger partial charge in [-0.1, -0.05) is 11.6 Å². The number of rotatable bonds is 3. The number of nitrogens with one attached hydrogen (secondary N) is 1. The van der Waals surface area contributed by atoms with Crippen LogP contribution in [0.4, 0.5) is 15.9 Å². The van der Waals surface area contributed by atoms with Crippen LogP contribution in [0.1, 0.15) is 0 Å². The first-order valence-corrected chi connectivity index (χ1v) is 5.51. The molecule has 2 aromatic rings. The Labute approximate surface area is 112 Å². The fourth-order valence-electron chi connectivity index (χ4n) is 1.26. The van der Waals surface area contributed by atoms with Gasteiger partial charge >= 0.3 is 0 Å². The molecule has 0 aliphatic carbocycles. The Kier molecular flexibility index (Phi) is 3.78. The van der Waals surface area contributed by atoms with Crippen molar-refractivity contribution in [1.29, 1.82) is 0 Å². The van der Waals surface area contributed by atoms with Gasteiger partial charge in [-0.25, -0.2) is 4.39 Å². The Morgan fingerprint density at radius 2 is 2.00 bits per heavy atom. The Bertz CT molecular complexity index is 582. The fourth-order valence-corrected chi connectivity index (χ4v) is 1.51. The molecular formula is C10H7Cl2FN4O. The summed E-state index contributed by atoms with van der Waals surface area (Å²) >= 11 is 11.4. The highest BCUT2D eigenvalue weighted by molar-refractivity contribution is 6.32. The van der Waals surface area contributed by atoms with Crippen molar-refractivity contribution >= 4 is 34.7 Å². The molecule has 0 bridgehead atoms. The maximum absolute atomic E-state index is 13.3. The Morgan fingerprint density at radius 1 is 1.22 bits per heavy atom. The molecule has 2 rings (SSSR count). The lowest BCUT2D eigenvalue weighted by atomic mass is 10.3. The first-order valence-electron chi connectivity index (χ1n) is 4.76. The summed E-state index contributed by atoms with van der Waals surface area (Å²) in [7, 11) is 1.44. The van der Waals surface area contributed by atoms with E-state index in [-0.39, 0.29) is 16.3 Å². The molecule has 0 aliphatic rings. The standard InChI is InChI=1S/C10H7Cl2FN4O/c1-18-7-3-5(13)2-6(4-7)14-9-8(11)16-17-10(12)15-9/h2-4H,1H3,(H,14,15,17). The second-order valence-electron chi connectivity index (χ2n) is 3.22. The summed E-state index contributed by atoms with van der Waals surface area (Å²) in [5, 5.41) is 9.78. The molecule has 0 atom stereocenters. The summed E-state index contributed by atoms with van der Waals surface area (Å²) in [5.74, 6) is 0.0899. The third kappa shape index (κ3) is 2.96. The number of nitrogens with zero attached hydrogens (tertiary/aromatic N) is 3. The first kappa shape index (κ1) is 12.8. The Hall–Kier alpha value is -1.66. The molecule has 18 heavy (non-hydrogen) atoms.